The van der Waals surface area contributed by atoms with Gasteiger partial charge in [-0.3, -0.25) is 0 Å². The third-order valence-corrected chi connectivity index (χ3v) is 3.93. The van der Waals surface area contributed by atoms with Crippen LogP contribution in [0.3, 0.4) is 0 Å². The number of ether oxygens (including phenoxy) is 1. The van der Waals surface area contributed by atoms with Crippen LogP contribution in [0.4, 0.5) is 0 Å². The summed E-state index contributed by atoms with van der Waals surface area (Å²) in [5.41, 5.74) is 0.413. The van der Waals surface area contributed by atoms with Gasteiger partial charge in [0, 0.05) is 25.0 Å². The molecule has 16 heavy (non-hydrogen) atoms. The van der Waals surface area contributed by atoms with E-state index in [2.05, 4.69) is 24.1 Å². The maximum absolute atomic E-state index is 5.25. The van der Waals surface area contributed by atoms with E-state index in [1.165, 1.54) is 32.5 Å². The van der Waals surface area contributed by atoms with Gasteiger partial charge in [-0.25, -0.2) is 0 Å². The summed E-state index contributed by atoms with van der Waals surface area (Å²) in [6.45, 7) is 12.6. The highest BCUT2D eigenvalue weighted by Crippen LogP contribution is 2.24. The highest BCUT2D eigenvalue weighted by atomic mass is 16.5. The molecule has 0 aliphatic carbocycles. The fraction of sp³-hybridized carbons (Fsp3) is 1.00. The van der Waals surface area contributed by atoms with Crippen molar-refractivity contribution < 1.29 is 4.74 Å². The van der Waals surface area contributed by atoms with Crippen LogP contribution in [0.2, 0.25) is 0 Å². The zero-order valence-corrected chi connectivity index (χ0v) is 10.8. The fourth-order valence-electron chi connectivity index (χ4n) is 2.47. The van der Waals surface area contributed by atoms with Gasteiger partial charge in [0.05, 0.1) is 13.2 Å². The van der Waals surface area contributed by atoms with Crippen molar-refractivity contribution >= 4 is 0 Å². The van der Waals surface area contributed by atoms with Crippen molar-refractivity contribution in [3.63, 3.8) is 0 Å². The van der Waals surface area contributed by atoms with E-state index < -0.39 is 0 Å². The smallest absolute Gasteiger partial charge is 0.0554 e. The molecule has 0 amide bonds. The normalized spacial score (nSPS) is 26.6. The summed E-state index contributed by atoms with van der Waals surface area (Å²) in [6, 6.07) is 0. The Hall–Kier alpha value is -0.120. The van der Waals surface area contributed by atoms with Gasteiger partial charge in [0.2, 0.25) is 0 Å². The summed E-state index contributed by atoms with van der Waals surface area (Å²) in [7, 11) is 0. The first-order chi connectivity index (χ1) is 7.68. The van der Waals surface area contributed by atoms with Crippen LogP contribution in [0, 0.1) is 11.3 Å². The molecule has 2 rings (SSSR count). The zero-order valence-electron chi connectivity index (χ0n) is 10.8. The van der Waals surface area contributed by atoms with Gasteiger partial charge in [-0.15, -0.1) is 0 Å². The van der Waals surface area contributed by atoms with Gasteiger partial charge in [-0.05, 0) is 31.8 Å². The Morgan fingerprint density at radius 3 is 2.56 bits per heavy atom. The largest absolute Gasteiger partial charge is 0.380 e. The van der Waals surface area contributed by atoms with Crippen LogP contribution in [-0.4, -0.2) is 50.8 Å². The Balaban J connectivity index is 1.51. The molecule has 0 atom stereocenters. The molecule has 0 aromatic rings. The molecule has 2 aliphatic rings. The van der Waals surface area contributed by atoms with Gasteiger partial charge >= 0.3 is 0 Å². The second-order valence-corrected chi connectivity index (χ2v) is 6.00. The number of likely N-dealkylation sites (tertiary alicyclic amines) is 1. The Labute approximate surface area is 99.5 Å². The van der Waals surface area contributed by atoms with E-state index in [4.69, 9.17) is 4.74 Å². The van der Waals surface area contributed by atoms with Gasteiger partial charge < -0.3 is 15.0 Å². The highest BCUT2D eigenvalue weighted by Gasteiger charge is 2.32. The minimum atomic E-state index is 0.413. The molecule has 2 aliphatic heterocycles. The van der Waals surface area contributed by atoms with Gasteiger partial charge in [-0.2, -0.15) is 0 Å². The summed E-state index contributed by atoms with van der Waals surface area (Å²) in [5, 5.41) is 3.56. The van der Waals surface area contributed by atoms with Crippen LogP contribution in [0.1, 0.15) is 26.7 Å². The lowest BCUT2D eigenvalue weighted by Gasteiger charge is -2.38. The molecule has 0 saturated carbocycles. The first-order valence-corrected chi connectivity index (χ1v) is 6.69. The molecule has 2 fully saturated rings. The molecule has 0 bridgehead atoms. The fourth-order valence-corrected chi connectivity index (χ4v) is 2.47. The number of rotatable bonds is 5. The third-order valence-electron chi connectivity index (χ3n) is 3.93. The highest BCUT2D eigenvalue weighted by molar-refractivity contribution is 4.83. The van der Waals surface area contributed by atoms with Gasteiger partial charge in [0.15, 0.2) is 0 Å². The van der Waals surface area contributed by atoms with Crippen LogP contribution in [0.5, 0.6) is 0 Å². The maximum Gasteiger partial charge on any atom is 0.0554 e. The minimum absolute atomic E-state index is 0.413. The van der Waals surface area contributed by atoms with Crippen LogP contribution in [0.15, 0.2) is 0 Å². The predicted molar refractivity (Wildman–Crippen MR) is 66.6 cm³/mol. The average molecular weight is 226 g/mol. The molecule has 0 aromatic carbocycles. The topological polar surface area (TPSA) is 24.5 Å². The first kappa shape index (κ1) is 12.3. The Morgan fingerprint density at radius 2 is 2.00 bits per heavy atom. The second-order valence-electron chi connectivity index (χ2n) is 6.00. The van der Waals surface area contributed by atoms with Crippen molar-refractivity contribution in [2.45, 2.75) is 26.7 Å². The van der Waals surface area contributed by atoms with Crippen LogP contribution in [0.25, 0.3) is 0 Å². The third kappa shape index (κ3) is 3.44. The number of hydrogen-bond donors (Lipinski definition) is 1. The molecule has 3 nitrogen and oxygen atoms in total. The molecule has 94 valence electrons. The van der Waals surface area contributed by atoms with Gasteiger partial charge in [-0.1, -0.05) is 13.8 Å². The Morgan fingerprint density at radius 1 is 1.31 bits per heavy atom. The number of nitrogens with zero attached hydrogens (tertiary/aromatic N) is 1. The number of nitrogens with one attached hydrogen (secondary N) is 1. The number of hydrogen-bond acceptors (Lipinski definition) is 3. The molecule has 0 aromatic heterocycles. The summed E-state index contributed by atoms with van der Waals surface area (Å²) >= 11 is 0. The quantitative estimate of drug-likeness (QED) is 0.716. The van der Waals surface area contributed by atoms with E-state index in [0.717, 1.165) is 32.2 Å². The van der Waals surface area contributed by atoms with Crippen LogP contribution >= 0.6 is 0 Å². The van der Waals surface area contributed by atoms with Crippen molar-refractivity contribution in [2.24, 2.45) is 11.3 Å². The molecule has 1 N–H and O–H groups in total. The summed E-state index contributed by atoms with van der Waals surface area (Å²) in [4.78, 5) is 2.59. The lowest BCUT2D eigenvalue weighted by atomic mass is 9.89. The Bertz CT molecular complexity index is 208. The molecule has 0 spiro atoms. The van der Waals surface area contributed by atoms with E-state index in [1.807, 2.05) is 0 Å². The van der Waals surface area contributed by atoms with E-state index in [-0.39, 0.29) is 0 Å². The molecular weight excluding hydrogens is 200 g/mol. The van der Waals surface area contributed by atoms with E-state index >= 15 is 0 Å². The second kappa shape index (κ2) is 5.48. The van der Waals surface area contributed by atoms with E-state index in [0.29, 0.717) is 5.41 Å². The first-order valence-electron chi connectivity index (χ1n) is 6.69. The molecule has 0 unspecified atom stereocenters. The van der Waals surface area contributed by atoms with E-state index in [1.54, 1.807) is 0 Å². The van der Waals surface area contributed by atoms with Crippen molar-refractivity contribution in [3.05, 3.63) is 0 Å². The molecule has 2 saturated heterocycles. The summed E-state index contributed by atoms with van der Waals surface area (Å²) in [5.74, 6) is 0.940. The molecule has 0 radical (unpaired) electrons. The standard InChI is InChI=1S/C13H26N2O/c1-12-3-6-15(7-4-12)8-5-14-9-13(2)10-16-11-13/h12,14H,3-11H2,1-2H3. The molecule has 3 heteroatoms. The maximum atomic E-state index is 5.25. The zero-order chi connectivity index (χ0) is 11.4. The van der Waals surface area contributed by atoms with Crippen molar-refractivity contribution in [2.75, 3.05) is 45.9 Å². The van der Waals surface area contributed by atoms with Crippen molar-refractivity contribution in [1.82, 2.24) is 10.2 Å². The monoisotopic (exact) mass is 226 g/mol. The van der Waals surface area contributed by atoms with Crippen LogP contribution < -0.4 is 5.32 Å². The molecule has 2 heterocycles. The average Bonchev–Trinajstić information content (AvgIpc) is 2.24. The number of piperidine rings is 1. The Kier molecular flexibility index (Phi) is 4.22. The van der Waals surface area contributed by atoms with Crippen molar-refractivity contribution in [1.29, 1.82) is 0 Å². The lowest BCUT2D eigenvalue weighted by Crippen LogP contribution is -2.48. The van der Waals surface area contributed by atoms with Gasteiger partial charge in [0.1, 0.15) is 0 Å². The SMILES string of the molecule is CC1CCN(CCNCC2(C)COC2)CC1. The van der Waals surface area contributed by atoms with Crippen molar-refractivity contribution in [3.8, 4) is 0 Å². The van der Waals surface area contributed by atoms with Crippen LogP contribution in [-0.2, 0) is 4.74 Å². The lowest BCUT2D eigenvalue weighted by molar-refractivity contribution is -0.0990. The van der Waals surface area contributed by atoms with E-state index in [9.17, 15) is 0 Å². The predicted octanol–water partition coefficient (Wildman–Crippen LogP) is 1.34. The van der Waals surface area contributed by atoms with Gasteiger partial charge in [0.25, 0.3) is 0 Å². The summed E-state index contributed by atoms with van der Waals surface area (Å²) in [6.07, 6.45) is 2.76. The summed E-state index contributed by atoms with van der Waals surface area (Å²) < 4.78 is 5.25. The molecular formula is C13H26N2O. The minimum Gasteiger partial charge on any atom is -0.380 e.